The van der Waals surface area contributed by atoms with Crippen LogP contribution >= 0.6 is 0 Å². The van der Waals surface area contributed by atoms with Crippen LogP contribution in [0.4, 0.5) is 4.39 Å². The van der Waals surface area contributed by atoms with E-state index in [4.69, 9.17) is 0 Å². The van der Waals surface area contributed by atoms with Gasteiger partial charge in [0, 0.05) is 5.56 Å². The molecule has 0 aliphatic rings. The van der Waals surface area contributed by atoms with Gasteiger partial charge in [0.2, 0.25) is 0 Å². The zero-order valence-corrected chi connectivity index (χ0v) is 16.1. The first kappa shape index (κ1) is 19.6. The normalized spacial score (nSPS) is 11.2. The average Bonchev–Trinajstić information content (AvgIpc) is 2.55. The first-order chi connectivity index (χ1) is 12.0. The second-order valence-electron chi connectivity index (χ2n) is 7.48. The maximum atomic E-state index is 14.2. The zero-order chi connectivity index (χ0) is 19.6. The Balaban J connectivity index is 2.40. The second kappa shape index (κ2) is 7.28. The predicted octanol–water partition coefficient (Wildman–Crippen LogP) is 4.34. The van der Waals surface area contributed by atoms with E-state index in [0.29, 0.717) is 5.56 Å². The number of rotatable bonds is 2. The van der Waals surface area contributed by atoms with E-state index in [2.05, 4.69) is 5.43 Å². The lowest BCUT2D eigenvalue weighted by atomic mass is 10.0. The second-order valence-corrected chi connectivity index (χ2v) is 7.48. The van der Waals surface area contributed by atoms with E-state index in [1.807, 2.05) is 19.9 Å². The molecule has 0 saturated carbocycles. The molecule has 0 atom stereocenters. The Labute approximate surface area is 154 Å². The average molecular weight is 356 g/mol. The van der Waals surface area contributed by atoms with Crippen LogP contribution in [0.5, 0.6) is 0 Å². The minimum atomic E-state index is -0.735. The van der Waals surface area contributed by atoms with Gasteiger partial charge < -0.3 is 0 Å². The number of hydrazine groups is 1. The van der Waals surface area contributed by atoms with Gasteiger partial charge in [-0.25, -0.2) is 9.40 Å². The van der Waals surface area contributed by atoms with Crippen molar-refractivity contribution >= 4 is 11.8 Å². The molecule has 0 aliphatic carbocycles. The van der Waals surface area contributed by atoms with Crippen molar-refractivity contribution in [2.75, 3.05) is 0 Å². The molecule has 0 unspecified atom stereocenters. The van der Waals surface area contributed by atoms with E-state index in [9.17, 15) is 14.0 Å². The standard InChI is InChI=1S/C21H25FN2O2/c1-13-10-11-18(22)17(12-13)20(26)24(21(4,5)6)23-19(25)16-9-7-8-14(2)15(16)3/h7-12H,1-6H3,(H,23,25). The van der Waals surface area contributed by atoms with E-state index in [1.165, 1.54) is 17.1 Å². The lowest BCUT2D eigenvalue weighted by molar-refractivity contribution is 0.0354. The number of nitrogens with zero attached hydrogens (tertiary/aromatic N) is 1. The molecule has 1 N–H and O–H groups in total. The molecule has 26 heavy (non-hydrogen) atoms. The fraction of sp³-hybridized carbons (Fsp3) is 0.333. The van der Waals surface area contributed by atoms with Crippen LogP contribution in [0, 0.1) is 26.6 Å². The molecule has 138 valence electrons. The van der Waals surface area contributed by atoms with Gasteiger partial charge in [0.1, 0.15) is 5.82 Å². The molecule has 0 radical (unpaired) electrons. The Kier molecular flexibility index (Phi) is 5.50. The van der Waals surface area contributed by atoms with E-state index in [1.54, 1.807) is 45.9 Å². The first-order valence-corrected chi connectivity index (χ1v) is 8.50. The lowest BCUT2D eigenvalue weighted by Gasteiger charge is -2.35. The molecule has 5 heteroatoms. The summed E-state index contributed by atoms with van der Waals surface area (Å²) >= 11 is 0. The van der Waals surface area contributed by atoms with Crippen molar-refractivity contribution in [3.8, 4) is 0 Å². The van der Waals surface area contributed by atoms with E-state index in [-0.39, 0.29) is 5.56 Å². The Bertz CT molecular complexity index is 854. The largest absolute Gasteiger partial charge is 0.275 e. The summed E-state index contributed by atoms with van der Waals surface area (Å²) in [5.74, 6) is -1.60. The highest BCUT2D eigenvalue weighted by Gasteiger charge is 2.31. The van der Waals surface area contributed by atoms with Gasteiger partial charge in [-0.3, -0.25) is 15.0 Å². The van der Waals surface area contributed by atoms with Crippen LogP contribution in [0.1, 0.15) is 58.2 Å². The molecule has 0 heterocycles. The van der Waals surface area contributed by atoms with Crippen molar-refractivity contribution in [2.24, 2.45) is 0 Å². The van der Waals surface area contributed by atoms with Crippen LogP contribution in [-0.2, 0) is 0 Å². The summed E-state index contributed by atoms with van der Waals surface area (Å²) in [5.41, 5.74) is 4.93. The topological polar surface area (TPSA) is 49.4 Å². The summed E-state index contributed by atoms with van der Waals surface area (Å²) in [6.45, 7) is 10.9. The summed E-state index contributed by atoms with van der Waals surface area (Å²) < 4.78 is 14.2. The monoisotopic (exact) mass is 356 g/mol. The Morgan fingerprint density at radius 2 is 1.65 bits per heavy atom. The summed E-state index contributed by atoms with van der Waals surface area (Å²) in [7, 11) is 0. The van der Waals surface area contributed by atoms with Gasteiger partial charge >= 0.3 is 0 Å². The SMILES string of the molecule is Cc1ccc(F)c(C(=O)N(NC(=O)c2cccc(C)c2C)C(C)(C)C)c1. The maximum Gasteiger partial charge on any atom is 0.275 e. The van der Waals surface area contributed by atoms with Crippen molar-refractivity contribution in [3.05, 3.63) is 70.0 Å². The molecule has 2 amide bonds. The van der Waals surface area contributed by atoms with Crippen LogP contribution in [0.2, 0.25) is 0 Å². The number of carbonyl (C=O) groups is 2. The van der Waals surface area contributed by atoms with Crippen molar-refractivity contribution in [2.45, 2.75) is 47.1 Å². The van der Waals surface area contributed by atoms with Crippen molar-refractivity contribution in [1.82, 2.24) is 10.4 Å². The number of hydrogen-bond acceptors (Lipinski definition) is 2. The number of nitrogens with one attached hydrogen (secondary N) is 1. The number of carbonyl (C=O) groups excluding carboxylic acids is 2. The number of aryl methyl sites for hydroxylation is 2. The van der Waals surface area contributed by atoms with Gasteiger partial charge in [-0.1, -0.05) is 23.8 Å². The van der Waals surface area contributed by atoms with Crippen molar-refractivity contribution < 1.29 is 14.0 Å². The molecule has 2 aromatic rings. The predicted molar refractivity (Wildman–Crippen MR) is 100 cm³/mol. The minimum Gasteiger partial charge on any atom is -0.267 e. The zero-order valence-electron chi connectivity index (χ0n) is 16.1. The minimum absolute atomic E-state index is 0.0683. The van der Waals surface area contributed by atoms with Gasteiger partial charge in [0.15, 0.2) is 0 Å². The number of hydrogen-bond donors (Lipinski definition) is 1. The Hall–Kier alpha value is -2.69. The quantitative estimate of drug-likeness (QED) is 0.814. The summed E-state index contributed by atoms with van der Waals surface area (Å²) in [4.78, 5) is 25.7. The maximum absolute atomic E-state index is 14.2. The van der Waals surface area contributed by atoms with Gasteiger partial charge in [-0.05, 0) is 70.9 Å². The lowest BCUT2D eigenvalue weighted by Crippen LogP contribution is -2.56. The van der Waals surface area contributed by atoms with E-state index >= 15 is 0 Å². The molecular weight excluding hydrogens is 331 g/mol. The summed E-state index contributed by atoms with van der Waals surface area (Å²) in [6, 6.07) is 9.76. The van der Waals surface area contributed by atoms with Crippen LogP contribution in [0.15, 0.2) is 36.4 Å². The summed E-state index contributed by atoms with van der Waals surface area (Å²) in [5, 5.41) is 1.19. The fourth-order valence-electron chi connectivity index (χ4n) is 2.61. The van der Waals surface area contributed by atoms with Crippen molar-refractivity contribution in [1.29, 1.82) is 0 Å². The smallest absolute Gasteiger partial charge is 0.267 e. The molecule has 0 fully saturated rings. The number of halogens is 1. The highest BCUT2D eigenvalue weighted by molar-refractivity contribution is 6.00. The molecule has 0 aliphatic heterocycles. The first-order valence-electron chi connectivity index (χ1n) is 8.50. The Morgan fingerprint density at radius 1 is 1.00 bits per heavy atom. The summed E-state index contributed by atoms with van der Waals surface area (Å²) in [6.07, 6.45) is 0. The number of amides is 2. The van der Waals surface area contributed by atoms with Crippen molar-refractivity contribution in [3.63, 3.8) is 0 Å². The van der Waals surface area contributed by atoms with E-state index in [0.717, 1.165) is 16.7 Å². The number of benzene rings is 2. The highest BCUT2D eigenvalue weighted by Crippen LogP contribution is 2.20. The third kappa shape index (κ3) is 4.10. The van der Waals surface area contributed by atoms with Crippen LogP contribution in [0.25, 0.3) is 0 Å². The van der Waals surface area contributed by atoms with Crippen LogP contribution < -0.4 is 5.43 Å². The molecule has 2 aromatic carbocycles. The fourth-order valence-corrected chi connectivity index (χ4v) is 2.61. The molecule has 0 aromatic heterocycles. The highest BCUT2D eigenvalue weighted by atomic mass is 19.1. The van der Waals surface area contributed by atoms with Gasteiger partial charge in [-0.15, -0.1) is 0 Å². The van der Waals surface area contributed by atoms with Gasteiger partial charge in [-0.2, -0.15) is 0 Å². The molecular formula is C21H25FN2O2. The molecule has 0 spiro atoms. The van der Waals surface area contributed by atoms with Gasteiger partial charge in [0.05, 0.1) is 11.1 Å². The van der Waals surface area contributed by atoms with E-state index < -0.39 is 23.2 Å². The molecule has 4 nitrogen and oxygen atoms in total. The third-order valence-corrected chi connectivity index (χ3v) is 4.29. The Morgan fingerprint density at radius 3 is 2.27 bits per heavy atom. The molecule has 0 saturated heterocycles. The van der Waals surface area contributed by atoms with Gasteiger partial charge in [0.25, 0.3) is 11.8 Å². The third-order valence-electron chi connectivity index (χ3n) is 4.29. The van der Waals surface area contributed by atoms with Crippen LogP contribution in [0.3, 0.4) is 0 Å². The van der Waals surface area contributed by atoms with Crippen LogP contribution in [-0.4, -0.2) is 22.4 Å². The molecule has 0 bridgehead atoms. The molecule has 2 rings (SSSR count).